The average Bonchev–Trinajstić information content (AvgIpc) is 3.35. The third-order valence-corrected chi connectivity index (χ3v) is 4.82. The quantitative estimate of drug-likeness (QED) is 0.787. The Morgan fingerprint density at radius 2 is 2.00 bits per heavy atom. The second-order valence-electron chi connectivity index (χ2n) is 6.72. The SMILES string of the molecule is O=C(c1ccc(F)cc1)[C@@H]1CCCN(Cc2nnnn2C2CC2)C1. The molecule has 2 aromatic rings. The van der Waals surface area contributed by atoms with Crippen LogP contribution in [-0.2, 0) is 6.54 Å². The number of likely N-dealkylation sites (tertiary alicyclic amines) is 1. The van der Waals surface area contributed by atoms with E-state index < -0.39 is 0 Å². The van der Waals surface area contributed by atoms with Crippen LogP contribution in [0.3, 0.4) is 0 Å². The van der Waals surface area contributed by atoms with Gasteiger partial charge in [-0.05, 0) is 66.9 Å². The molecule has 0 radical (unpaired) electrons. The van der Waals surface area contributed by atoms with Gasteiger partial charge in [0, 0.05) is 18.0 Å². The minimum absolute atomic E-state index is 0.0468. The molecule has 2 aliphatic rings. The summed E-state index contributed by atoms with van der Waals surface area (Å²) in [6.07, 6.45) is 4.14. The maximum atomic E-state index is 13.0. The summed E-state index contributed by atoms with van der Waals surface area (Å²) in [6, 6.07) is 6.29. The van der Waals surface area contributed by atoms with Crippen LogP contribution in [0.4, 0.5) is 4.39 Å². The molecule has 2 heterocycles. The summed E-state index contributed by atoms with van der Waals surface area (Å²) in [5.74, 6) is 0.618. The Balaban J connectivity index is 1.42. The van der Waals surface area contributed by atoms with Crippen molar-refractivity contribution in [2.75, 3.05) is 13.1 Å². The molecule has 1 saturated carbocycles. The van der Waals surface area contributed by atoms with Gasteiger partial charge in [0.25, 0.3) is 0 Å². The number of carbonyl (C=O) groups excluding carboxylic acids is 1. The Bertz CT molecular complexity index is 725. The van der Waals surface area contributed by atoms with E-state index in [-0.39, 0.29) is 17.5 Å². The third kappa shape index (κ3) is 3.21. The molecule has 2 fully saturated rings. The molecule has 0 amide bonds. The molecule has 24 heavy (non-hydrogen) atoms. The number of rotatable bonds is 5. The molecule has 1 atom stereocenters. The van der Waals surface area contributed by atoms with E-state index in [1.54, 1.807) is 12.1 Å². The first kappa shape index (κ1) is 15.4. The van der Waals surface area contributed by atoms with Crippen molar-refractivity contribution in [3.05, 3.63) is 41.5 Å². The Morgan fingerprint density at radius 3 is 2.75 bits per heavy atom. The largest absolute Gasteiger partial charge is 0.295 e. The lowest BCUT2D eigenvalue weighted by Gasteiger charge is -2.31. The molecule has 4 rings (SSSR count). The molecule has 0 spiro atoms. The second kappa shape index (κ2) is 6.39. The van der Waals surface area contributed by atoms with Gasteiger partial charge < -0.3 is 0 Å². The minimum atomic E-state index is -0.316. The number of nitrogens with zero attached hydrogens (tertiary/aromatic N) is 5. The zero-order valence-electron chi connectivity index (χ0n) is 13.4. The van der Waals surface area contributed by atoms with Gasteiger partial charge in [0.15, 0.2) is 11.6 Å². The highest BCUT2D eigenvalue weighted by molar-refractivity contribution is 5.98. The Labute approximate surface area is 139 Å². The van der Waals surface area contributed by atoms with Gasteiger partial charge in [-0.1, -0.05) is 0 Å². The van der Waals surface area contributed by atoms with Crippen molar-refractivity contribution in [1.82, 2.24) is 25.1 Å². The first-order valence-corrected chi connectivity index (χ1v) is 8.49. The fourth-order valence-corrected chi connectivity index (χ4v) is 3.38. The van der Waals surface area contributed by atoms with E-state index in [1.165, 1.54) is 12.1 Å². The maximum absolute atomic E-state index is 13.0. The van der Waals surface area contributed by atoms with Crippen molar-refractivity contribution in [1.29, 1.82) is 0 Å². The predicted octanol–water partition coefficient (Wildman–Crippen LogP) is 2.24. The van der Waals surface area contributed by atoms with Crippen molar-refractivity contribution < 1.29 is 9.18 Å². The van der Waals surface area contributed by atoms with Crippen LogP contribution in [0, 0.1) is 11.7 Å². The van der Waals surface area contributed by atoms with Crippen LogP contribution < -0.4 is 0 Å². The Hall–Kier alpha value is -2.15. The molecule has 0 bridgehead atoms. The molecular weight excluding hydrogens is 309 g/mol. The first-order chi connectivity index (χ1) is 11.7. The lowest BCUT2D eigenvalue weighted by molar-refractivity contribution is 0.0806. The summed E-state index contributed by atoms with van der Waals surface area (Å²) in [5, 5.41) is 12.0. The molecule has 126 valence electrons. The number of piperidine rings is 1. The molecule has 7 heteroatoms. The van der Waals surface area contributed by atoms with E-state index in [2.05, 4.69) is 20.4 Å². The monoisotopic (exact) mass is 329 g/mol. The van der Waals surface area contributed by atoms with Gasteiger partial charge in [-0.25, -0.2) is 9.07 Å². The van der Waals surface area contributed by atoms with Crippen LogP contribution in [0.25, 0.3) is 0 Å². The number of hydrogen-bond donors (Lipinski definition) is 0. The van der Waals surface area contributed by atoms with Gasteiger partial charge in [0.05, 0.1) is 12.6 Å². The molecule has 1 saturated heterocycles. The highest BCUT2D eigenvalue weighted by Gasteiger charge is 2.30. The van der Waals surface area contributed by atoms with E-state index in [4.69, 9.17) is 0 Å². The summed E-state index contributed by atoms with van der Waals surface area (Å²) in [6.45, 7) is 2.33. The van der Waals surface area contributed by atoms with Crippen molar-refractivity contribution >= 4 is 5.78 Å². The van der Waals surface area contributed by atoms with Crippen LogP contribution >= 0.6 is 0 Å². The summed E-state index contributed by atoms with van der Waals surface area (Å²) in [5.41, 5.74) is 0.589. The average molecular weight is 329 g/mol. The number of aromatic nitrogens is 4. The predicted molar refractivity (Wildman–Crippen MR) is 84.8 cm³/mol. The van der Waals surface area contributed by atoms with Crippen molar-refractivity contribution in [3.8, 4) is 0 Å². The topological polar surface area (TPSA) is 63.9 Å². The maximum Gasteiger partial charge on any atom is 0.167 e. The second-order valence-corrected chi connectivity index (χ2v) is 6.72. The Morgan fingerprint density at radius 1 is 1.21 bits per heavy atom. The number of halogens is 1. The van der Waals surface area contributed by atoms with Gasteiger partial charge in [-0.2, -0.15) is 0 Å². The lowest BCUT2D eigenvalue weighted by Crippen LogP contribution is -2.38. The van der Waals surface area contributed by atoms with Gasteiger partial charge in [-0.3, -0.25) is 9.69 Å². The number of ketones is 1. The fraction of sp³-hybridized carbons (Fsp3) is 0.529. The molecule has 1 aliphatic heterocycles. The molecule has 1 aliphatic carbocycles. The van der Waals surface area contributed by atoms with Crippen molar-refractivity contribution in [2.45, 2.75) is 38.3 Å². The van der Waals surface area contributed by atoms with Crippen LogP contribution in [-0.4, -0.2) is 44.0 Å². The summed E-state index contributed by atoms with van der Waals surface area (Å²) in [7, 11) is 0. The number of Topliss-reactive ketones (excluding diaryl/α,β-unsaturated/α-hetero) is 1. The number of benzene rings is 1. The molecule has 0 unspecified atom stereocenters. The van der Waals surface area contributed by atoms with E-state index in [9.17, 15) is 9.18 Å². The van der Waals surface area contributed by atoms with E-state index in [0.717, 1.165) is 38.1 Å². The molecular formula is C17H20FN5O. The zero-order valence-corrected chi connectivity index (χ0v) is 13.4. The van der Waals surface area contributed by atoms with Gasteiger partial charge in [-0.15, -0.1) is 5.10 Å². The van der Waals surface area contributed by atoms with Gasteiger partial charge >= 0.3 is 0 Å². The van der Waals surface area contributed by atoms with Crippen LogP contribution in [0.1, 0.15) is 47.9 Å². The van der Waals surface area contributed by atoms with E-state index in [1.807, 2.05) is 4.68 Å². The highest BCUT2D eigenvalue weighted by atomic mass is 19.1. The van der Waals surface area contributed by atoms with Crippen molar-refractivity contribution in [2.24, 2.45) is 5.92 Å². The standard InChI is InChI=1S/C17H20FN5O/c18-14-5-3-12(4-6-14)17(24)13-2-1-9-22(10-13)11-16-19-20-21-23(16)15-7-8-15/h3-6,13,15H,1-2,7-11H2/t13-/m1/s1. The first-order valence-electron chi connectivity index (χ1n) is 8.49. The zero-order chi connectivity index (χ0) is 16.5. The van der Waals surface area contributed by atoms with Gasteiger partial charge in [0.1, 0.15) is 5.82 Å². The third-order valence-electron chi connectivity index (χ3n) is 4.82. The lowest BCUT2D eigenvalue weighted by atomic mass is 9.90. The van der Waals surface area contributed by atoms with Gasteiger partial charge in [0.2, 0.25) is 0 Å². The van der Waals surface area contributed by atoms with E-state index in [0.29, 0.717) is 24.7 Å². The summed E-state index contributed by atoms with van der Waals surface area (Å²) in [4.78, 5) is 14.9. The Kier molecular flexibility index (Phi) is 4.10. The van der Waals surface area contributed by atoms with Crippen LogP contribution in [0.2, 0.25) is 0 Å². The number of carbonyl (C=O) groups is 1. The van der Waals surface area contributed by atoms with E-state index >= 15 is 0 Å². The molecule has 6 nitrogen and oxygen atoms in total. The molecule has 0 N–H and O–H groups in total. The minimum Gasteiger partial charge on any atom is -0.295 e. The normalized spacial score (nSPS) is 21.8. The van der Waals surface area contributed by atoms with Crippen LogP contribution in [0.15, 0.2) is 24.3 Å². The smallest absolute Gasteiger partial charge is 0.167 e. The van der Waals surface area contributed by atoms with Crippen molar-refractivity contribution in [3.63, 3.8) is 0 Å². The molecule has 1 aromatic carbocycles. The molecule has 1 aromatic heterocycles. The summed E-state index contributed by atoms with van der Waals surface area (Å²) >= 11 is 0. The fourth-order valence-electron chi connectivity index (χ4n) is 3.38. The highest BCUT2D eigenvalue weighted by Crippen LogP contribution is 2.34. The van der Waals surface area contributed by atoms with Crippen LogP contribution in [0.5, 0.6) is 0 Å². The number of tetrazole rings is 1. The summed E-state index contributed by atoms with van der Waals surface area (Å²) < 4.78 is 15.0. The number of hydrogen-bond acceptors (Lipinski definition) is 5.